The van der Waals surface area contributed by atoms with Crippen LogP contribution in [-0.4, -0.2) is 62.2 Å². The molecule has 0 spiro atoms. The number of hydrogen-bond donors (Lipinski definition) is 2. The Labute approximate surface area is 205 Å². The van der Waals surface area contributed by atoms with E-state index in [1.165, 1.54) is 9.96 Å². The fraction of sp³-hybridized carbons (Fsp3) is 0.423. The summed E-state index contributed by atoms with van der Waals surface area (Å²) in [6.07, 6.45) is 0.263. The van der Waals surface area contributed by atoms with Crippen LogP contribution in [0.2, 0.25) is 0 Å². The minimum atomic E-state index is -0.984. The molecule has 0 radical (unpaired) electrons. The van der Waals surface area contributed by atoms with Crippen molar-refractivity contribution in [3.8, 4) is 0 Å². The van der Waals surface area contributed by atoms with E-state index in [1.807, 2.05) is 51.1 Å². The summed E-state index contributed by atoms with van der Waals surface area (Å²) in [5.41, 5.74) is 1.87. The summed E-state index contributed by atoms with van der Waals surface area (Å²) in [6, 6.07) is 15.9. The van der Waals surface area contributed by atoms with Gasteiger partial charge in [-0.2, -0.15) is 5.06 Å². The molecule has 0 aromatic heterocycles. The maximum Gasteiger partial charge on any atom is 0.408 e. The Balaban J connectivity index is 1.35. The van der Waals surface area contributed by atoms with Crippen molar-refractivity contribution in [3.63, 3.8) is 0 Å². The molecule has 2 aliphatic heterocycles. The van der Waals surface area contributed by atoms with Crippen molar-refractivity contribution in [2.45, 2.75) is 64.4 Å². The Morgan fingerprint density at radius 3 is 2.37 bits per heavy atom. The summed E-state index contributed by atoms with van der Waals surface area (Å²) in [5.74, 6) is -0.240. The smallest absolute Gasteiger partial charge is 0.408 e. The second kappa shape index (κ2) is 9.95. The number of piperidine rings is 1. The summed E-state index contributed by atoms with van der Waals surface area (Å²) in [7, 11) is 0. The molecule has 4 rings (SSSR count). The molecule has 35 heavy (non-hydrogen) atoms. The molecule has 2 N–H and O–H groups in total. The van der Waals surface area contributed by atoms with Gasteiger partial charge in [0.2, 0.25) is 5.91 Å². The van der Waals surface area contributed by atoms with E-state index in [-0.39, 0.29) is 24.5 Å². The molecule has 2 fully saturated rings. The number of fused-ring (bicyclic) bond motifs is 2. The molecule has 4 amide bonds. The van der Waals surface area contributed by atoms with Crippen molar-refractivity contribution in [1.29, 1.82) is 0 Å². The highest BCUT2D eigenvalue weighted by Gasteiger charge is 2.47. The number of anilines is 1. The van der Waals surface area contributed by atoms with Crippen molar-refractivity contribution in [1.82, 2.24) is 14.9 Å². The van der Waals surface area contributed by atoms with Crippen molar-refractivity contribution >= 4 is 23.7 Å². The zero-order chi connectivity index (χ0) is 25.2. The Bertz CT molecular complexity index is 1070. The number of carboxylic acid groups (broad SMARTS) is 1. The highest BCUT2D eigenvalue weighted by molar-refractivity contribution is 5.97. The fourth-order valence-corrected chi connectivity index (χ4v) is 4.48. The third-order valence-corrected chi connectivity index (χ3v) is 6.44. The second-order valence-corrected chi connectivity index (χ2v) is 9.99. The first kappa shape index (κ1) is 24.5. The van der Waals surface area contributed by atoms with E-state index >= 15 is 0 Å². The first-order chi connectivity index (χ1) is 16.6. The quantitative estimate of drug-likeness (QED) is 0.615. The third-order valence-electron chi connectivity index (χ3n) is 6.44. The Morgan fingerprint density at radius 2 is 1.74 bits per heavy atom. The van der Waals surface area contributed by atoms with Gasteiger partial charge < -0.3 is 15.3 Å². The van der Waals surface area contributed by atoms with E-state index in [4.69, 9.17) is 4.84 Å². The number of nitrogens with zero attached hydrogens (tertiary/aromatic N) is 3. The molecular weight excluding hydrogens is 448 g/mol. The maximum absolute atomic E-state index is 13.0. The Kier molecular flexibility index (Phi) is 6.98. The van der Waals surface area contributed by atoms with E-state index in [9.17, 15) is 19.5 Å². The van der Waals surface area contributed by atoms with E-state index in [0.29, 0.717) is 31.7 Å². The summed E-state index contributed by atoms with van der Waals surface area (Å²) in [5, 5.41) is 13.8. The minimum absolute atomic E-state index is 0.0606. The third kappa shape index (κ3) is 5.57. The zero-order valence-electron chi connectivity index (χ0n) is 20.3. The van der Waals surface area contributed by atoms with Crippen LogP contribution in [0.15, 0.2) is 54.6 Å². The first-order valence-electron chi connectivity index (χ1n) is 11.8. The predicted molar refractivity (Wildman–Crippen MR) is 130 cm³/mol. The van der Waals surface area contributed by atoms with Crippen LogP contribution in [0.4, 0.5) is 15.3 Å². The molecular formula is C26H32N4O5. The molecule has 0 unspecified atom stereocenters. The Hall–Kier alpha value is -3.59. The van der Waals surface area contributed by atoms with E-state index in [2.05, 4.69) is 5.32 Å². The van der Waals surface area contributed by atoms with Gasteiger partial charge in [0.05, 0.1) is 6.04 Å². The number of hydrogen-bond acceptors (Lipinski definition) is 4. The fourth-order valence-electron chi connectivity index (χ4n) is 4.48. The van der Waals surface area contributed by atoms with Gasteiger partial charge in [-0.3, -0.25) is 14.5 Å². The van der Waals surface area contributed by atoms with Crippen LogP contribution in [0.1, 0.15) is 44.7 Å². The average molecular weight is 481 g/mol. The lowest BCUT2D eigenvalue weighted by Crippen LogP contribution is -2.47. The number of benzene rings is 2. The molecule has 2 aromatic rings. The van der Waals surface area contributed by atoms with Gasteiger partial charge in [0.1, 0.15) is 12.6 Å². The van der Waals surface area contributed by atoms with Crippen LogP contribution in [0, 0.1) is 0 Å². The number of hydroxylamine groups is 2. The van der Waals surface area contributed by atoms with Crippen molar-refractivity contribution < 1.29 is 24.3 Å². The molecule has 9 heteroatoms. The van der Waals surface area contributed by atoms with Gasteiger partial charge in [-0.15, -0.1) is 0 Å². The number of carbonyl (C=O) groups excluding carboxylic acids is 2. The molecule has 2 aliphatic rings. The zero-order valence-corrected chi connectivity index (χ0v) is 20.3. The first-order valence-corrected chi connectivity index (χ1v) is 11.8. The van der Waals surface area contributed by atoms with E-state index < -0.39 is 17.7 Å². The van der Waals surface area contributed by atoms with Gasteiger partial charge in [0.25, 0.3) is 0 Å². The topological polar surface area (TPSA) is 102 Å². The number of amides is 4. The number of carbonyl (C=O) groups is 3. The molecule has 0 aliphatic carbocycles. The van der Waals surface area contributed by atoms with Gasteiger partial charge >= 0.3 is 12.1 Å². The lowest BCUT2D eigenvalue weighted by Gasteiger charge is -2.33. The van der Waals surface area contributed by atoms with Crippen LogP contribution in [-0.2, 0) is 22.8 Å². The van der Waals surface area contributed by atoms with Crippen molar-refractivity contribution in [3.05, 3.63) is 65.7 Å². The predicted octanol–water partition coefficient (Wildman–Crippen LogP) is 4.30. The van der Waals surface area contributed by atoms with Crippen LogP contribution in [0.3, 0.4) is 0 Å². The SMILES string of the molecule is CC(C)(C)N(Cc1ccc(NC(=O)[C@@H]2CC[C@@H]3CN2C(=O)N3OCc2ccccc2)cc1)C(=O)O. The highest BCUT2D eigenvalue weighted by atomic mass is 16.7. The van der Waals surface area contributed by atoms with Gasteiger partial charge in [-0.05, 0) is 56.9 Å². The van der Waals surface area contributed by atoms with E-state index in [1.54, 1.807) is 29.2 Å². The molecule has 2 heterocycles. The summed E-state index contributed by atoms with van der Waals surface area (Å²) < 4.78 is 0. The monoisotopic (exact) mass is 480 g/mol. The molecule has 2 bridgehead atoms. The average Bonchev–Trinajstić information content (AvgIpc) is 3.06. The number of nitrogens with one attached hydrogen (secondary N) is 1. The maximum atomic E-state index is 13.0. The molecule has 2 atom stereocenters. The second-order valence-electron chi connectivity index (χ2n) is 9.99. The normalized spacial score (nSPS) is 19.6. The summed E-state index contributed by atoms with van der Waals surface area (Å²) in [6.45, 7) is 6.54. The lowest BCUT2D eigenvalue weighted by molar-refractivity contribution is -0.140. The summed E-state index contributed by atoms with van der Waals surface area (Å²) >= 11 is 0. The largest absolute Gasteiger partial charge is 0.465 e. The minimum Gasteiger partial charge on any atom is -0.465 e. The van der Waals surface area contributed by atoms with Gasteiger partial charge in [0, 0.05) is 24.3 Å². The van der Waals surface area contributed by atoms with Gasteiger partial charge in [-0.1, -0.05) is 42.5 Å². The molecule has 2 aromatic carbocycles. The van der Waals surface area contributed by atoms with Crippen LogP contribution in [0.25, 0.3) is 0 Å². The number of urea groups is 1. The van der Waals surface area contributed by atoms with Gasteiger partial charge in [-0.25, -0.2) is 9.59 Å². The molecule has 0 saturated carbocycles. The lowest BCUT2D eigenvalue weighted by atomic mass is 10.00. The summed E-state index contributed by atoms with van der Waals surface area (Å²) in [4.78, 5) is 46.3. The van der Waals surface area contributed by atoms with Crippen molar-refractivity contribution in [2.24, 2.45) is 0 Å². The van der Waals surface area contributed by atoms with Crippen LogP contribution in [0.5, 0.6) is 0 Å². The highest BCUT2D eigenvalue weighted by Crippen LogP contribution is 2.31. The Morgan fingerprint density at radius 1 is 1.06 bits per heavy atom. The van der Waals surface area contributed by atoms with Crippen LogP contribution >= 0.6 is 0 Å². The number of rotatable bonds is 7. The molecule has 186 valence electrons. The van der Waals surface area contributed by atoms with Crippen molar-refractivity contribution in [2.75, 3.05) is 11.9 Å². The van der Waals surface area contributed by atoms with Gasteiger partial charge in [0.15, 0.2) is 0 Å². The van der Waals surface area contributed by atoms with E-state index in [0.717, 1.165) is 11.1 Å². The molecule has 2 saturated heterocycles. The standard InChI is InChI=1S/C26H32N4O5/c1-26(2,3)29(25(33)34)15-18-9-11-20(12-10-18)27-23(31)22-14-13-21-16-28(22)24(32)30(21)35-17-19-7-5-4-6-8-19/h4-12,21-22H,13-17H2,1-3H3,(H,27,31)(H,33,34)/t21-,22+/m1/s1. The van der Waals surface area contributed by atoms with Crippen LogP contribution < -0.4 is 5.32 Å². The molecule has 9 nitrogen and oxygen atoms in total.